The number of benzene rings is 1. The second-order valence-corrected chi connectivity index (χ2v) is 5.36. The lowest BCUT2D eigenvalue weighted by Crippen LogP contribution is -2.19. The molecule has 0 saturated carbocycles. The Hall–Kier alpha value is -1.12. The molecule has 2 atom stereocenters. The zero-order valence-corrected chi connectivity index (χ0v) is 11.0. The largest absolute Gasteiger partial charge is 0.324 e. The molecular formula is C15H19NS. The van der Waals surface area contributed by atoms with Crippen molar-refractivity contribution in [2.75, 3.05) is 0 Å². The summed E-state index contributed by atoms with van der Waals surface area (Å²) in [6.07, 6.45) is 2.28. The zero-order valence-electron chi connectivity index (χ0n) is 10.2. The number of hydrogen-bond donors (Lipinski definition) is 1. The van der Waals surface area contributed by atoms with Crippen molar-refractivity contribution < 1.29 is 0 Å². The molecule has 2 unspecified atom stereocenters. The third-order valence-electron chi connectivity index (χ3n) is 3.27. The minimum atomic E-state index is 0.148. The van der Waals surface area contributed by atoms with E-state index in [2.05, 4.69) is 48.0 Å². The highest BCUT2D eigenvalue weighted by atomic mass is 32.1. The Bertz CT molecular complexity index is 421. The average molecular weight is 245 g/mol. The topological polar surface area (TPSA) is 26.0 Å². The summed E-state index contributed by atoms with van der Waals surface area (Å²) in [7, 11) is 0. The van der Waals surface area contributed by atoms with Crippen molar-refractivity contribution in [3.8, 4) is 0 Å². The van der Waals surface area contributed by atoms with E-state index in [9.17, 15) is 0 Å². The lowest BCUT2D eigenvalue weighted by molar-refractivity contribution is 0.439. The Kier molecular flexibility index (Phi) is 4.35. The molecule has 1 aromatic carbocycles. The minimum Gasteiger partial charge on any atom is -0.324 e. The number of thiophene rings is 1. The van der Waals surface area contributed by atoms with Crippen LogP contribution in [0, 0.1) is 5.92 Å². The monoisotopic (exact) mass is 245 g/mol. The van der Waals surface area contributed by atoms with Gasteiger partial charge in [-0.05, 0) is 46.7 Å². The van der Waals surface area contributed by atoms with Crippen molar-refractivity contribution in [1.29, 1.82) is 0 Å². The first-order valence-corrected chi connectivity index (χ1v) is 7.03. The zero-order chi connectivity index (χ0) is 12.1. The van der Waals surface area contributed by atoms with Gasteiger partial charge in [0.25, 0.3) is 0 Å². The Labute approximate surface area is 107 Å². The lowest BCUT2D eigenvalue weighted by atomic mass is 9.91. The molecule has 1 heterocycles. The maximum atomic E-state index is 6.28. The molecule has 2 N–H and O–H groups in total. The quantitative estimate of drug-likeness (QED) is 0.846. The fraction of sp³-hybridized carbons (Fsp3) is 0.333. The summed E-state index contributed by atoms with van der Waals surface area (Å²) in [5.41, 5.74) is 8.95. The van der Waals surface area contributed by atoms with Gasteiger partial charge in [0.05, 0.1) is 0 Å². The van der Waals surface area contributed by atoms with Crippen LogP contribution in [0.5, 0.6) is 0 Å². The molecule has 0 bridgehead atoms. The maximum Gasteiger partial charge on any atom is 0.0320 e. The molecule has 1 aromatic heterocycles. The molecule has 0 aliphatic rings. The second kappa shape index (κ2) is 5.99. The van der Waals surface area contributed by atoms with Gasteiger partial charge in [0, 0.05) is 6.04 Å². The third-order valence-corrected chi connectivity index (χ3v) is 4.00. The Morgan fingerprint density at radius 1 is 1.18 bits per heavy atom. The first-order valence-electron chi connectivity index (χ1n) is 6.09. The van der Waals surface area contributed by atoms with E-state index in [1.54, 1.807) is 11.3 Å². The summed E-state index contributed by atoms with van der Waals surface area (Å²) in [6.45, 7) is 2.24. The van der Waals surface area contributed by atoms with Crippen LogP contribution in [0.2, 0.25) is 0 Å². The molecular weight excluding hydrogens is 226 g/mol. The van der Waals surface area contributed by atoms with Crippen molar-refractivity contribution in [1.82, 2.24) is 0 Å². The lowest BCUT2D eigenvalue weighted by Gasteiger charge is -2.20. The first kappa shape index (κ1) is 12.3. The van der Waals surface area contributed by atoms with Gasteiger partial charge in [0.1, 0.15) is 0 Å². The van der Waals surface area contributed by atoms with Gasteiger partial charge in [-0.2, -0.15) is 11.3 Å². The van der Waals surface area contributed by atoms with E-state index in [-0.39, 0.29) is 6.04 Å². The molecule has 90 valence electrons. The van der Waals surface area contributed by atoms with Gasteiger partial charge in [0.15, 0.2) is 0 Å². The van der Waals surface area contributed by atoms with Crippen molar-refractivity contribution in [3.63, 3.8) is 0 Å². The minimum absolute atomic E-state index is 0.148. The molecule has 0 spiro atoms. The molecule has 17 heavy (non-hydrogen) atoms. The normalized spacial score (nSPS) is 14.5. The second-order valence-electron chi connectivity index (χ2n) is 4.58. The summed E-state index contributed by atoms with van der Waals surface area (Å²) >= 11 is 1.76. The van der Waals surface area contributed by atoms with Crippen molar-refractivity contribution in [2.24, 2.45) is 11.7 Å². The highest BCUT2D eigenvalue weighted by Gasteiger charge is 2.14. The molecule has 0 amide bonds. The van der Waals surface area contributed by atoms with Gasteiger partial charge in [0.2, 0.25) is 0 Å². The molecule has 2 aromatic rings. The molecule has 1 nitrogen and oxygen atoms in total. The molecule has 2 heteroatoms. The average Bonchev–Trinajstić information content (AvgIpc) is 2.89. The predicted octanol–water partition coefficient (Wildman–Crippen LogP) is 4.02. The fourth-order valence-electron chi connectivity index (χ4n) is 2.01. The molecule has 0 fully saturated rings. The van der Waals surface area contributed by atoms with Crippen LogP contribution in [-0.2, 0) is 6.42 Å². The Balaban J connectivity index is 1.89. The van der Waals surface area contributed by atoms with E-state index in [1.165, 1.54) is 11.1 Å². The third kappa shape index (κ3) is 3.42. The summed E-state index contributed by atoms with van der Waals surface area (Å²) in [5.74, 6) is 0.511. The van der Waals surface area contributed by atoms with Gasteiger partial charge in [-0.15, -0.1) is 0 Å². The molecule has 0 aliphatic carbocycles. The van der Waals surface area contributed by atoms with Crippen LogP contribution in [0.15, 0.2) is 47.2 Å². The number of aryl methyl sites for hydroxylation is 1. The SMILES string of the molecule is CC(CCc1ccsc1)C(N)c1ccccc1. The molecule has 0 aliphatic heterocycles. The van der Waals surface area contributed by atoms with E-state index in [0.29, 0.717) is 5.92 Å². The summed E-state index contributed by atoms with van der Waals surface area (Å²) in [6, 6.07) is 12.7. The van der Waals surface area contributed by atoms with Crippen molar-refractivity contribution >= 4 is 11.3 Å². The highest BCUT2D eigenvalue weighted by Crippen LogP contribution is 2.23. The van der Waals surface area contributed by atoms with E-state index in [4.69, 9.17) is 5.73 Å². The first-order chi connectivity index (χ1) is 8.27. The van der Waals surface area contributed by atoms with Crippen LogP contribution in [0.3, 0.4) is 0 Å². The van der Waals surface area contributed by atoms with Crippen LogP contribution in [0.25, 0.3) is 0 Å². The predicted molar refractivity (Wildman–Crippen MR) is 75.2 cm³/mol. The van der Waals surface area contributed by atoms with E-state index < -0.39 is 0 Å². The Morgan fingerprint density at radius 2 is 1.94 bits per heavy atom. The summed E-state index contributed by atoms with van der Waals surface area (Å²) < 4.78 is 0. The van der Waals surface area contributed by atoms with Crippen LogP contribution >= 0.6 is 11.3 Å². The van der Waals surface area contributed by atoms with E-state index >= 15 is 0 Å². The van der Waals surface area contributed by atoms with Crippen LogP contribution in [0.1, 0.15) is 30.5 Å². The smallest absolute Gasteiger partial charge is 0.0320 e. The number of rotatable bonds is 5. The molecule has 0 radical (unpaired) electrons. The van der Waals surface area contributed by atoms with Crippen molar-refractivity contribution in [2.45, 2.75) is 25.8 Å². The van der Waals surface area contributed by atoms with E-state index in [0.717, 1.165) is 12.8 Å². The maximum absolute atomic E-state index is 6.28. The van der Waals surface area contributed by atoms with Gasteiger partial charge >= 0.3 is 0 Å². The highest BCUT2D eigenvalue weighted by molar-refractivity contribution is 7.07. The molecule has 0 saturated heterocycles. The Morgan fingerprint density at radius 3 is 2.59 bits per heavy atom. The van der Waals surface area contributed by atoms with Crippen LogP contribution in [-0.4, -0.2) is 0 Å². The van der Waals surface area contributed by atoms with Crippen molar-refractivity contribution in [3.05, 3.63) is 58.3 Å². The van der Waals surface area contributed by atoms with Gasteiger partial charge in [-0.25, -0.2) is 0 Å². The van der Waals surface area contributed by atoms with E-state index in [1.807, 2.05) is 6.07 Å². The van der Waals surface area contributed by atoms with Gasteiger partial charge in [-0.1, -0.05) is 37.3 Å². The van der Waals surface area contributed by atoms with Gasteiger partial charge in [-0.3, -0.25) is 0 Å². The van der Waals surface area contributed by atoms with Crippen LogP contribution in [0.4, 0.5) is 0 Å². The summed E-state index contributed by atoms with van der Waals surface area (Å²) in [4.78, 5) is 0. The molecule has 2 rings (SSSR count). The summed E-state index contributed by atoms with van der Waals surface area (Å²) in [5, 5.41) is 4.36. The fourth-order valence-corrected chi connectivity index (χ4v) is 2.72. The van der Waals surface area contributed by atoms with Crippen LogP contribution < -0.4 is 5.73 Å². The number of hydrogen-bond acceptors (Lipinski definition) is 2. The number of nitrogens with two attached hydrogens (primary N) is 1. The van der Waals surface area contributed by atoms with Gasteiger partial charge < -0.3 is 5.73 Å². The standard InChI is InChI=1S/C15H19NS/c1-12(7-8-13-9-10-17-11-13)15(16)14-5-3-2-4-6-14/h2-6,9-12,15H,7-8,16H2,1H3.